The van der Waals surface area contributed by atoms with Gasteiger partial charge in [0.05, 0.1) is 25.4 Å². The minimum atomic E-state index is -1.59. The number of unbranched alkanes of at least 4 members (excludes halogenated alkanes) is 29. The van der Waals surface area contributed by atoms with Gasteiger partial charge in [-0.1, -0.05) is 344 Å². The normalized spacial score (nSPS) is 18.6. The van der Waals surface area contributed by atoms with E-state index in [2.05, 4.69) is 177 Å². The van der Waals surface area contributed by atoms with Crippen molar-refractivity contribution in [2.45, 2.75) is 346 Å². The Bertz CT molecular complexity index is 2100. The van der Waals surface area contributed by atoms with Crippen LogP contribution >= 0.6 is 0 Å². The Balaban J connectivity index is 2.20. The summed E-state index contributed by atoms with van der Waals surface area (Å²) in [6.45, 7) is 3.64. The number of amides is 1. The summed E-state index contributed by atoms with van der Waals surface area (Å²) in [6.07, 6.45) is 106. The number of allylic oxidation sites excluding steroid dienone is 27. The zero-order valence-corrected chi connectivity index (χ0v) is 59.9. The van der Waals surface area contributed by atoms with E-state index in [1.807, 2.05) is 6.08 Å². The number of aliphatic hydroxyl groups excluding tert-OH is 5. The third-order valence-corrected chi connectivity index (χ3v) is 17.0. The van der Waals surface area contributed by atoms with Gasteiger partial charge < -0.3 is 40.3 Å². The summed E-state index contributed by atoms with van der Waals surface area (Å²) >= 11 is 0. The zero-order chi connectivity index (χ0) is 67.8. The first-order valence-electron chi connectivity index (χ1n) is 38.4. The topological polar surface area (TPSA) is 149 Å². The third kappa shape index (κ3) is 58.9. The lowest BCUT2D eigenvalue weighted by molar-refractivity contribution is -0.302. The highest BCUT2D eigenvalue weighted by atomic mass is 16.7. The molecule has 0 radical (unpaired) electrons. The molecule has 9 heteroatoms. The summed E-state index contributed by atoms with van der Waals surface area (Å²) in [5, 5.41) is 54.8. The van der Waals surface area contributed by atoms with Gasteiger partial charge in [0.15, 0.2) is 6.29 Å². The molecule has 94 heavy (non-hydrogen) atoms. The van der Waals surface area contributed by atoms with Crippen LogP contribution in [0.5, 0.6) is 0 Å². The molecule has 7 atom stereocenters. The maximum Gasteiger partial charge on any atom is 0.220 e. The van der Waals surface area contributed by atoms with E-state index in [4.69, 9.17) is 9.47 Å². The van der Waals surface area contributed by atoms with Gasteiger partial charge in [0.2, 0.25) is 5.91 Å². The van der Waals surface area contributed by atoms with Gasteiger partial charge in [-0.25, -0.2) is 0 Å². The summed E-state index contributed by atoms with van der Waals surface area (Å²) in [7, 11) is 0. The van der Waals surface area contributed by atoms with Crippen molar-refractivity contribution in [2.75, 3.05) is 13.2 Å². The summed E-state index contributed by atoms with van der Waals surface area (Å²) in [6, 6.07) is -0.861. The van der Waals surface area contributed by atoms with Crippen molar-refractivity contribution in [3.8, 4) is 0 Å². The molecule has 6 N–H and O–H groups in total. The van der Waals surface area contributed by atoms with Gasteiger partial charge in [0.1, 0.15) is 24.4 Å². The third-order valence-electron chi connectivity index (χ3n) is 17.0. The molecule has 0 aliphatic carbocycles. The van der Waals surface area contributed by atoms with Crippen molar-refractivity contribution < 1.29 is 39.8 Å². The van der Waals surface area contributed by atoms with Crippen LogP contribution < -0.4 is 5.32 Å². The fourth-order valence-corrected chi connectivity index (χ4v) is 11.1. The van der Waals surface area contributed by atoms with Gasteiger partial charge in [-0.15, -0.1) is 0 Å². The van der Waals surface area contributed by atoms with Gasteiger partial charge >= 0.3 is 0 Å². The van der Waals surface area contributed by atoms with Gasteiger partial charge in [-0.3, -0.25) is 4.79 Å². The minimum absolute atomic E-state index is 0.229. The second-order valence-electron chi connectivity index (χ2n) is 25.7. The van der Waals surface area contributed by atoms with Crippen LogP contribution in [-0.4, -0.2) is 87.5 Å². The standard InChI is InChI=1S/C85H141NO8/c1-3-5-7-9-11-13-15-17-19-21-23-25-27-29-31-33-35-37-38-39-40-41-42-43-45-47-49-51-53-55-57-59-61-63-65-67-69-71-73-75-81(89)86-78(77-93-85-84(92)83(91)82(90)80(76-87)94-85)79(88)74-72-70-68-66-64-62-60-58-56-54-52-50-48-46-44-36-34-32-30-28-26-24-22-20-18-16-14-12-10-8-6-4-2/h5,7,11,13,17,19,23,25,29,31,35,37,39-40,42-43,47,49,53,55,59,61,64-67,72,74,78-80,82-85,87-88,90-92H,3-4,6,8-10,12,14-16,18,20-22,24,26-28,30,32-34,36,38,41,44-46,48,50-52,54,56-58,60,62-63,68-71,73,75-77H2,1-2H3,(H,86,89)/b7-5-,13-11-,19-17-,25-23-,31-29-,37-35-,40-39-,43-42-,49-47-,55-53-,61-59-,66-64+,67-65-,74-72+. The molecule has 9 nitrogen and oxygen atoms in total. The SMILES string of the molecule is CC/C=C\C/C=C\C/C=C\C/C=C\C/C=C\C/C=C\C/C=C\C/C=C\C/C=C\C/C=C\C/C=C\C/C=C\CCCCC(=O)NC(COC1OC(CO)C(O)C(O)C1O)C(O)/C=C/CC/C=C/CCCCCCCCCCCCCCCCCCCCCCCCCCCC. The number of carbonyl (C=O) groups excluding carboxylic acids is 1. The van der Waals surface area contributed by atoms with E-state index in [1.54, 1.807) is 6.08 Å². The van der Waals surface area contributed by atoms with E-state index < -0.39 is 49.5 Å². The second kappa shape index (κ2) is 71.3. The molecule has 534 valence electrons. The number of ether oxygens (including phenoxy) is 2. The molecular weight excluding hydrogens is 1160 g/mol. The van der Waals surface area contributed by atoms with Gasteiger partial charge in [0.25, 0.3) is 0 Å². The van der Waals surface area contributed by atoms with Gasteiger partial charge in [-0.2, -0.15) is 0 Å². The Labute approximate surface area is 577 Å². The molecule has 0 bridgehead atoms. The Morgan fingerprint density at radius 3 is 1.02 bits per heavy atom. The molecule has 1 amide bonds. The van der Waals surface area contributed by atoms with E-state index in [-0.39, 0.29) is 18.9 Å². The fraction of sp³-hybridized carbons (Fsp3) is 0.659. The molecule has 1 rings (SSSR count). The maximum absolute atomic E-state index is 13.1. The summed E-state index contributed by atoms with van der Waals surface area (Å²) in [5.74, 6) is -0.233. The lowest BCUT2D eigenvalue weighted by Crippen LogP contribution is -2.60. The monoisotopic (exact) mass is 1300 g/mol. The molecule has 0 saturated carbocycles. The molecule has 1 heterocycles. The predicted molar refractivity (Wildman–Crippen MR) is 405 cm³/mol. The van der Waals surface area contributed by atoms with Crippen LogP contribution in [0.25, 0.3) is 0 Å². The van der Waals surface area contributed by atoms with Crippen LogP contribution in [0, 0.1) is 0 Å². The first-order valence-corrected chi connectivity index (χ1v) is 38.4. The Morgan fingerprint density at radius 1 is 0.372 bits per heavy atom. The Morgan fingerprint density at radius 2 is 0.670 bits per heavy atom. The number of hydrogen-bond acceptors (Lipinski definition) is 8. The van der Waals surface area contributed by atoms with Crippen molar-refractivity contribution in [1.82, 2.24) is 5.32 Å². The molecule has 0 spiro atoms. The predicted octanol–water partition coefficient (Wildman–Crippen LogP) is 22.0. The smallest absolute Gasteiger partial charge is 0.220 e. The Kier molecular flexibility index (Phi) is 66.4. The van der Waals surface area contributed by atoms with Crippen molar-refractivity contribution >= 4 is 5.91 Å². The average molecular weight is 1310 g/mol. The first-order chi connectivity index (χ1) is 46.3. The zero-order valence-electron chi connectivity index (χ0n) is 59.9. The van der Waals surface area contributed by atoms with E-state index in [0.717, 1.165) is 109 Å². The highest BCUT2D eigenvalue weighted by Gasteiger charge is 2.44. The molecular formula is C85H141NO8. The highest BCUT2D eigenvalue weighted by molar-refractivity contribution is 5.76. The van der Waals surface area contributed by atoms with Crippen molar-refractivity contribution in [3.63, 3.8) is 0 Å². The van der Waals surface area contributed by atoms with E-state index >= 15 is 0 Å². The molecule has 0 aromatic heterocycles. The average Bonchev–Trinajstić information content (AvgIpc) is 0.829. The van der Waals surface area contributed by atoms with Crippen LogP contribution in [0.15, 0.2) is 170 Å². The minimum Gasteiger partial charge on any atom is -0.394 e. The van der Waals surface area contributed by atoms with E-state index in [0.29, 0.717) is 6.42 Å². The van der Waals surface area contributed by atoms with E-state index in [1.165, 1.54) is 167 Å². The number of aliphatic hydroxyl groups is 5. The quantitative estimate of drug-likeness (QED) is 0.0261. The lowest BCUT2D eigenvalue weighted by atomic mass is 9.99. The van der Waals surface area contributed by atoms with E-state index in [9.17, 15) is 30.3 Å². The van der Waals surface area contributed by atoms with Crippen LogP contribution in [0.3, 0.4) is 0 Å². The fourth-order valence-electron chi connectivity index (χ4n) is 11.1. The summed E-state index contributed by atoms with van der Waals surface area (Å²) in [4.78, 5) is 13.1. The largest absolute Gasteiger partial charge is 0.394 e. The van der Waals surface area contributed by atoms with Crippen LogP contribution in [-0.2, 0) is 14.3 Å². The van der Waals surface area contributed by atoms with Crippen LogP contribution in [0.2, 0.25) is 0 Å². The molecule has 0 aromatic rings. The summed E-state index contributed by atoms with van der Waals surface area (Å²) in [5.41, 5.74) is 0. The number of rotatable bonds is 65. The molecule has 1 aliphatic rings. The Hall–Kier alpha value is -4.45. The maximum atomic E-state index is 13.1. The molecule has 7 unspecified atom stereocenters. The number of carbonyl (C=O) groups is 1. The summed E-state index contributed by atoms with van der Waals surface area (Å²) < 4.78 is 11.3. The van der Waals surface area contributed by atoms with Crippen molar-refractivity contribution in [2.24, 2.45) is 0 Å². The number of nitrogens with one attached hydrogen (secondary N) is 1. The number of hydrogen-bond donors (Lipinski definition) is 6. The lowest BCUT2D eigenvalue weighted by Gasteiger charge is -2.40. The van der Waals surface area contributed by atoms with Crippen molar-refractivity contribution in [3.05, 3.63) is 170 Å². The second-order valence-corrected chi connectivity index (χ2v) is 25.7. The molecule has 1 fully saturated rings. The molecule has 0 aromatic carbocycles. The molecule has 1 saturated heterocycles. The van der Waals surface area contributed by atoms with Gasteiger partial charge in [-0.05, 0) is 122 Å². The van der Waals surface area contributed by atoms with Crippen LogP contribution in [0.4, 0.5) is 0 Å². The van der Waals surface area contributed by atoms with Gasteiger partial charge in [0, 0.05) is 6.42 Å². The molecule has 1 aliphatic heterocycles. The van der Waals surface area contributed by atoms with Crippen LogP contribution in [0.1, 0.15) is 303 Å². The highest BCUT2D eigenvalue weighted by Crippen LogP contribution is 2.23. The first kappa shape index (κ1) is 87.6. The van der Waals surface area contributed by atoms with Crippen molar-refractivity contribution in [1.29, 1.82) is 0 Å².